The topological polar surface area (TPSA) is 20.2 Å². The maximum absolute atomic E-state index is 10.3. The molecule has 0 aliphatic rings. The molecular weight excluding hydrogens is 439 g/mol. The number of benzene rings is 1. The van der Waals surface area contributed by atoms with Crippen LogP contribution < -0.4 is 7.22 Å². The monoisotopic (exact) mass is 466 g/mol. The van der Waals surface area contributed by atoms with Crippen LogP contribution in [0, 0.1) is 0 Å². The van der Waals surface area contributed by atoms with Crippen molar-refractivity contribution in [2.75, 3.05) is 0 Å². The van der Waals surface area contributed by atoms with Gasteiger partial charge in [0.1, 0.15) is 0 Å². The van der Waals surface area contributed by atoms with Crippen molar-refractivity contribution in [1.82, 2.24) is 0 Å². The van der Waals surface area contributed by atoms with Gasteiger partial charge in [0.05, 0.1) is 0 Å². The SMILES string of the molecule is CCCC[Te]c1cccc([Te]CCCC)c1O. The van der Waals surface area contributed by atoms with Crippen LogP contribution in [-0.2, 0) is 0 Å². The van der Waals surface area contributed by atoms with E-state index in [0.717, 1.165) is 0 Å². The molecule has 17 heavy (non-hydrogen) atoms. The molecule has 1 N–H and O–H groups in total. The molecule has 96 valence electrons. The van der Waals surface area contributed by atoms with Gasteiger partial charge in [0, 0.05) is 0 Å². The first-order valence-corrected chi connectivity index (χ1v) is 12.0. The van der Waals surface area contributed by atoms with Gasteiger partial charge in [-0.25, -0.2) is 0 Å². The van der Waals surface area contributed by atoms with Gasteiger partial charge in [-0.05, 0) is 0 Å². The Kier molecular flexibility index (Phi) is 8.77. The number of aromatic hydroxyl groups is 1. The molecule has 0 amide bonds. The molecule has 0 bridgehead atoms. The van der Waals surface area contributed by atoms with E-state index in [2.05, 4.69) is 32.0 Å². The van der Waals surface area contributed by atoms with E-state index in [-0.39, 0.29) is 41.8 Å². The number of phenolic OH excluding ortho intramolecular Hbond substituents is 1. The number of unbranched alkanes of at least 4 members (excludes halogenated alkanes) is 2. The minimum absolute atomic E-state index is 0.149. The Morgan fingerprint density at radius 2 is 1.41 bits per heavy atom. The van der Waals surface area contributed by atoms with Gasteiger partial charge in [0.25, 0.3) is 0 Å². The van der Waals surface area contributed by atoms with Crippen LogP contribution in [0.4, 0.5) is 0 Å². The third-order valence-corrected chi connectivity index (χ3v) is 8.94. The van der Waals surface area contributed by atoms with E-state index in [1.165, 1.54) is 41.8 Å². The second kappa shape index (κ2) is 9.52. The average molecular weight is 462 g/mol. The van der Waals surface area contributed by atoms with Crippen molar-refractivity contribution >= 4 is 49.1 Å². The summed E-state index contributed by atoms with van der Waals surface area (Å²) in [4.78, 5) is 0. The van der Waals surface area contributed by atoms with Crippen LogP contribution in [-0.4, -0.2) is 47.0 Å². The van der Waals surface area contributed by atoms with Crippen LogP contribution in [0.1, 0.15) is 39.5 Å². The summed E-state index contributed by atoms with van der Waals surface area (Å²) in [7, 11) is 0. The summed E-state index contributed by atoms with van der Waals surface area (Å²) >= 11 is -0.299. The first-order chi connectivity index (χ1) is 8.29. The second-order valence-electron chi connectivity index (χ2n) is 4.01. The van der Waals surface area contributed by atoms with Crippen LogP contribution in [0.15, 0.2) is 18.2 Å². The third kappa shape index (κ3) is 5.85. The molecule has 0 heterocycles. The summed E-state index contributed by atoms with van der Waals surface area (Å²) in [5.41, 5.74) is 0. The molecule has 0 aromatic heterocycles. The normalized spacial score (nSPS) is 10.7. The molecule has 0 aliphatic carbocycles. The minimum atomic E-state index is -0.149. The Morgan fingerprint density at radius 1 is 0.941 bits per heavy atom. The van der Waals surface area contributed by atoms with E-state index in [9.17, 15) is 5.11 Å². The molecule has 0 radical (unpaired) electrons. The van der Waals surface area contributed by atoms with Crippen LogP contribution in [0.3, 0.4) is 0 Å². The summed E-state index contributed by atoms with van der Waals surface area (Å²) in [5.74, 6) is 0.671. The predicted octanol–water partition coefficient (Wildman–Crippen LogP) is 2.49. The fourth-order valence-corrected chi connectivity index (χ4v) is 8.15. The van der Waals surface area contributed by atoms with Crippen molar-refractivity contribution in [2.24, 2.45) is 0 Å². The van der Waals surface area contributed by atoms with E-state index in [0.29, 0.717) is 5.75 Å². The van der Waals surface area contributed by atoms with Crippen molar-refractivity contribution in [2.45, 2.75) is 48.5 Å². The maximum atomic E-state index is 10.3. The molecule has 0 unspecified atom stereocenters. The first-order valence-electron chi connectivity index (χ1n) is 6.37. The van der Waals surface area contributed by atoms with Gasteiger partial charge >= 0.3 is 127 Å². The zero-order valence-electron chi connectivity index (χ0n) is 10.7. The molecule has 0 fully saturated rings. The molecule has 0 aliphatic heterocycles. The fourth-order valence-electron chi connectivity index (χ4n) is 1.39. The van der Waals surface area contributed by atoms with Crippen LogP contribution in [0.25, 0.3) is 0 Å². The first kappa shape index (κ1) is 15.7. The number of rotatable bonds is 8. The van der Waals surface area contributed by atoms with Crippen LogP contribution in [0.5, 0.6) is 5.75 Å². The third-order valence-electron chi connectivity index (χ3n) is 2.47. The summed E-state index contributed by atoms with van der Waals surface area (Å²) in [5, 5.41) is 10.3. The molecule has 0 saturated carbocycles. The molecule has 1 rings (SSSR count). The number of hydrogen-bond donors (Lipinski definition) is 1. The van der Waals surface area contributed by atoms with Gasteiger partial charge in [0.2, 0.25) is 0 Å². The summed E-state index contributed by atoms with van der Waals surface area (Å²) in [6.07, 6.45) is 5.18. The number of para-hydroxylation sites is 1. The molecule has 0 spiro atoms. The molecule has 1 aromatic carbocycles. The quantitative estimate of drug-likeness (QED) is 0.466. The molecular formula is C14H22OTe2. The van der Waals surface area contributed by atoms with Crippen molar-refractivity contribution < 1.29 is 5.11 Å². The van der Waals surface area contributed by atoms with E-state index in [1.54, 1.807) is 0 Å². The molecule has 1 nitrogen and oxygen atoms in total. The summed E-state index contributed by atoms with van der Waals surface area (Å²) in [6, 6.07) is 6.44. The Labute approximate surface area is 126 Å². The average Bonchev–Trinajstić information content (AvgIpc) is 2.34. The Balaban J connectivity index is 2.56. The van der Waals surface area contributed by atoms with Crippen molar-refractivity contribution in [3.05, 3.63) is 18.2 Å². The summed E-state index contributed by atoms with van der Waals surface area (Å²) < 4.78 is 5.24. The second-order valence-corrected chi connectivity index (χ2v) is 10.5. The number of hydrogen-bond acceptors (Lipinski definition) is 1. The van der Waals surface area contributed by atoms with E-state index in [4.69, 9.17) is 0 Å². The van der Waals surface area contributed by atoms with E-state index >= 15 is 0 Å². The zero-order valence-corrected chi connectivity index (χ0v) is 15.4. The Hall–Kier alpha value is 0.599. The molecule has 0 saturated heterocycles. The van der Waals surface area contributed by atoms with Gasteiger partial charge < -0.3 is 0 Å². The molecule has 1 aromatic rings. The van der Waals surface area contributed by atoms with Crippen LogP contribution >= 0.6 is 0 Å². The van der Waals surface area contributed by atoms with Gasteiger partial charge in [-0.1, -0.05) is 0 Å². The van der Waals surface area contributed by atoms with Crippen molar-refractivity contribution in [3.63, 3.8) is 0 Å². The Bertz CT molecular complexity index is 298. The van der Waals surface area contributed by atoms with Crippen LogP contribution in [0.2, 0.25) is 8.94 Å². The van der Waals surface area contributed by atoms with Gasteiger partial charge in [0.15, 0.2) is 0 Å². The standard InChI is InChI=1S/C14H22OTe2/c1-3-5-10-16-12-8-7-9-13(14(12)15)17-11-6-4-2/h7-9,15H,3-6,10-11H2,1-2H3. The molecule has 3 heteroatoms. The fraction of sp³-hybridized carbons (Fsp3) is 0.571. The van der Waals surface area contributed by atoms with Gasteiger partial charge in [-0.3, -0.25) is 0 Å². The zero-order chi connectivity index (χ0) is 12.5. The summed E-state index contributed by atoms with van der Waals surface area (Å²) in [6.45, 7) is 4.47. The van der Waals surface area contributed by atoms with Crippen molar-refractivity contribution in [1.29, 1.82) is 0 Å². The van der Waals surface area contributed by atoms with E-state index < -0.39 is 0 Å². The van der Waals surface area contributed by atoms with E-state index in [1.807, 2.05) is 0 Å². The number of phenols is 1. The van der Waals surface area contributed by atoms with Gasteiger partial charge in [-0.15, -0.1) is 0 Å². The Morgan fingerprint density at radius 3 is 1.82 bits per heavy atom. The predicted molar refractivity (Wildman–Crippen MR) is 78.3 cm³/mol. The van der Waals surface area contributed by atoms with Crippen molar-refractivity contribution in [3.8, 4) is 5.75 Å². The van der Waals surface area contributed by atoms with Gasteiger partial charge in [-0.2, -0.15) is 0 Å². The molecule has 0 atom stereocenters.